The van der Waals surface area contributed by atoms with Crippen molar-refractivity contribution in [2.24, 2.45) is 0 Å². The van der Waals surface area contributed by atoms with Crippen molar-refractivity contribution in [3.05, 3.63) is 40.9 Å². The van der Waals surface area contributed by atoms with Crippen LogP contribution < -0.4 is 10.6 Å². The molecule has 2 amide bonds. The fourth-order valence-electron chi connectivity index (χ4n) is 1.52. The number of hydrogen-bond acceptors (Lipinski definition) is 2. The maximum absolute atomic E-state index is 11.2. The quantitative estimate of drug-likeness (QED) is 0.826. The van der Waals surface area contributed by atoms with Crippen molar-refractivity contribution >= 4 is 17.8 Å². The van der Waals surface area contributed by atoms with E-state index in [4.69, 9.17) is 0 Å². The Bertz CT molecular complexity index is 414. The number of carbonyl (C=O) groups is 1. The van der Waals surface area contributed by atoms with Gasteiger partial charge < -0.3 is 10.6 Å². The third-order valence-corrected chi connectivity index (χ3v) is 3.61. The van der Waals surface area contributed by atoms with Crippen LogP contribution in [-0.2, 0) is 0 Å². The average molecular weight is 234 g/mol. The Morgan fingerprint density at radius 2 is 2.00 bits per heavy atom. The number of allylic oxidation sites excluding steroid dienone is 1. The van der Waals surface area contributed by atoms with Crippen molar-refractivity contribution in [1.29, 1.82) is 0 Å². The summed E-state index contributed by atoms with van der Waals surface area (Å²) in [7, 11) is 0. The van der Waals surface area contributed by atoms with E-state index in [1.165, 1.54) is 9.80 Å². The molecule has 0 fully saturated rings. The highest BCUT2D eigenvalue weighted by molar-refractivity contribution is 8.03. The van der Waals surface area contributed by atoms with Crippen LogP contribution in [0.5, 0.6) is 0 Å². The van der Waals surface area contributed by atoms with Crippen LogP contribution in [0, 0.1) is 0 Å². The summed E-state index contributed by atoms with van der Waals surface area (Å²) in [5, 5.41) is 5.61. The third-order valence-electron chi connectivity index (χ3n) is 2.34. The zero-order valence-electron chi connectivity index (χ0n) is 9.12. The summed E-state index contributed by atoms with van der Waals surface area (Å²) in [6, 6.07) is 10.1. The monoisotopic (exact) mass is 234 g/mol. The standard InChI is InChI=1S/C12H14N2OS/c1-9-11(7-8-13-12(15)14-9)16-10-5-3-2-4-6-10/h2-6H,7-8H2,1H3,(H2,13,14,15). The molecule has 0 aliphatic carbocycles. The van der Waals surface area contributed by atoms with Crippen molar-refractivity contribution < 1.29 is 4.79 Å². The maximum atomic E-state index is 11.2. The van der Waals surface area contributed by atoms with E-state index in [0.29, 0.717) is 6.54 Å². The Labute approximate surface area is 99.3 Å². The molecule has 1 heterocycles. The van der Waals surface area contributed by atoms with Gasteiger partial charge in [0.1, 0.15) is 0 Å². The number of rotatable bonds is 2. The predicted octanol–water partition coefficient (Wildman–Crippen LogP) is 2.71. The molecule has 0 radical (unpaired) electrons. The van der Waals surface area contributed by atoms with Crippen LogP contribution in [0.15, 0.2) is 45.8 Å². The summed E-state index contributed by atoms with van der Waals surface area (Å²) >= 11 is 1.71. The fraction of sp³-hybridized carbons (Fsp3) is 0.250. The topological polar surface area (TPSA) is 41.1 Å². The zero-order chi connectivity index (χ0) is 11.4. The lowest BCUT2D eigenvalue weighted by Gasteiger charge is -2.07. The van der Waals surface area contributed by atoms with Gasteiger partial charge in [-0.05, 0) is 25.5 Å². The van der Waals surface area contributed by atoms with Crippen LogP contribution in [0.25, 0.3) is 0 Å². The van der Waals surface area contributed by atoms with Crippen molar-refractivity contribution in [2.75, 3.05) is 6.54 Å². The molecule has 0 bridgehead atoms. The van der Waals surface area contributed by atoms with Crippen LogP contribution in [-0.4, -0.2) is 12.6 Å². The minimum Gasteiger partial charge on any atom is -0.338 e. The Kier molecular flexibility index (Phi) is 3.51. The van der Waals surface area contributed by atoms with Gasteiger partial charge in [0, 0.05) is 22.0 Å². The van der Waals surface area contributed by atoms with Crippen LogP contribution in [0.2, 0.25) is 0 Å². The normalized spacial score (nSPS) is 16.4. The van der Waals surface area contributed by atoms with E-state index in [-0.39, 0.29) is 6.03 Å². The summed E-state index contributed by atoms with van der Waals surface area (Å²) in [6.07, 6.45) is 0.879. The number of carbonyl (C=O) groups excluding carboxylic acids is 1. The number of amides is 2. The van der Waals surface area contributed by atoms with Crippen molar-refractivity contribution in [1.82, 2.24) is 10.6 Å². The Morgan fingerprint density at radius 3 is 2.75 bits per heavy atom. The van der Waals surface area contributed by atoms with Gasteiger partial charge in [0.2, 0.25) is 0 Å². The second-order valence-electron chi connectivity index (χ2n) is 3.59. The second-order valence-corrected chi connectivity index (χ2v) is 4.76. The minimum absolute atomic E-state index is 0.110. The van der Waals surface area contributed by atoms with Gasteiger partial charge in [-0.2, -0.15) is 0 Å². The van der Waals surface area contributed by atoms with Crippen molar-refractivity contribution in [3.63, 3.8) is 0 Å². The Balaban J connectivity index is 2.14. The molecular weight excluding hydrogens is 220 g/mol. The molecule has 4 heteroatoms. The Morgan fingerprint density at radius 1 is 1.25 bits per heavy atom. The number of nitrogens with one attached hydrogen (secondary N) is 2. The first kappa shape index (κ1) is 11.1. The first-order valence-corrected chi connectivity index (χ1v) is 6.05. The van der Waals surface area contributed by atoms with E-state index in [0.717, 1.165) is 12.1 Å². The lowest BCUT2D eigenvalue weighted by molar-refractivity contribution is 0.244. The fourth-order valence-corrected chi connectivity index (χ4v) is 2.51. The number of thioether (sulfide) groups is 1. The molecule has 0 aromatic heterocycles. The largest absolute Gasteiger partial charge is 0.338 e. The smallest absolute Gasteiger partial charge is 0.319 e. The Hall–Kier alpha value is -1.42. The van der Waals surface area contributed by atoms with E-state index >= 15 is 0 Å². The predicted molar refractivity (Wildman–Crippen MR) is 66.2 cm³/mol. The van der Waals surface area contributed by atoms with Crippen LogP contribution >= 0.6 is 11.8 Å². The zero-order valence-corrected chi connectivity index (χ0v) is 9.93. The molecule has 1 aromatic carbocycles. The summed E-state index contributed by atoms with van der Waals surface area (Å²) in [4.78, 5) is 13.6. The summed E-state index contributed by atoms with van der Waals surface area (Å²) in [5.74, 6) is 0. The van der Waals surface area contributed by atoms with E-state index < -0.39 is 0 Å². The average Bonchev–Trinajstić information content (AvgIpc) is 2.43. The van der Waals surface area contributed by atoms with Gasteiger partial charge in [0.25, 0.3) is 0 Å². The molecule has 16 heavy (non-hydrogen) atoms. The van der Waals surface area contributed by atoms with Gasteiger partial charge in [0.05, 0.1) is 0 Å². The van der Waals surface area contributed by atoms with Gasteiger partial charge >= 0.3 is 6.03 Å². The number of hydrogen-bond donors (Lipinski definition) is 2. The van der Waals surface area contributed by atoms with Crippen molar-refractivity contribution in [3.8, 4) is 0 Å². The number of benzene rings is 1. The van der Waals surface area contributed by atoms with Gasteiger partial charge in [-0.1, -0.05) is 30.0 Å². The highest BCUT2D eigenvalue weighted by atomic mass is 32.2. The highest BCUT2D eigenvalue weighted by Gasteiger charge is 2.12. The molecule has 84 valence electrons. The molecule has 0 unspecified atom stereocenters. The van der Waals surface area contributed by atoms with E-state index in [9.17, 15) is 4.79 Å². The van der Waals surface area contributed by atoms with Gasteiger partial charge in [-0.25, -0.2) is 4.79 Å². The number of urea groups is 1. The first-order valence-electron chi connectivity index (χ1n) is 5.23. The minimum atomic E-state index is -0.110. The summed E-state index contributed by atoms with van der Waals surface area (Å²) in [6.45, 7) is 2.63. The van der Waals surface area contributed by atoms with Crippen molar-refractivity contribution in [2.45, 2.75) is 18.2 Å². The van der Waals surface area contributed by atoms with Crippen LogP contribution in [0.3, 0.4) is 0 Å². The summed E-state index contributed by atoms with van der Waals surface area (Å²) in [5.41, 5.74) is 0.948. The highest BCUT2D eigenvalue weighted by Crippen LogP contribution is 2.30. The first-order chi connectivity index (χ1) is 7.75. The molecule has 3 nitrogen and oxygen atoms in total. The molecule has 0 atom stereocenters. The van der Waals surface area contributed by atoms with Gasteiger partial charge in [-0.15, -0.1) is 0 Å². The van der Waals surface area contributed by atoms with E-state index in [1.807, 2.05) is 25.1 Å². The molecule has 1 aliphatic heterocycles. The lowest BCUT2D eigenvalue weighted by Crippen LogP contribution is -2.32. The maximum Gasteiger partial charge on any atom is 0.319 e. The molecule has 0 saturated heterocycles. The molecule has 1 aliphatic rings. The summed E-state index contributed by atoms with van der Waals surface area (Å²) < 4.78 is 0. The second kappa shape index (κ2) is 5.07. The molecule has 2 N–H and O–H groups in total. The molecule has 1 aromatic rings. The third kappa shape index (κ3) is 2.79. The van der Waals surface area contributed by atoms with Crippen LogP contribution in [0.4, 0.5) is 4.79 Å². The molecular formula is C12H14N2OS. The van der Waals surface area contributed by atoms with E-state index in [1.54, 1.807) is 11.8 Å². The lowest BCUT2D eigenvalue weighted by atomic mass is 10.3. The molecule has 0 saturated carbocycles. The van der Waals surface area contributed by atoms with E-state index in [2.05, 4.69) is 22.8 Å². The van der Waals surface area contributed by atoms with Gasteiger partial charge in [-0.3, -0.25) is 0 Å². The van der Waals surface area contributed by atoms with Crippen LogP contribution in [0.1, 0.15) is 13.3 Å². The molecule has 2 rings (SSSR count). The molecule has 0 spiro atoms. The van der Waals surface area contributed by atoms with Gasteiger partial charge in [0.15, 0.2) is 0 Å². The SMILES string of the molecule is CC1=C(Sc2ccccc2)CCNC(=O)N1.